The van der Waals surface area contributed by atoms with E-state index in [1.54, 1.807) is 12.1 Å². The van der Waals surface area contributed by atoms with Crippen molar-refractivity contribution in [2.75, 3.05) is 0 Å². The summed E-state index contributed by atoms with van der Waals surface area (Å²) in [5, 5.41) is 2.16. The average molecular weight is 481 g/mol. The van der Waals surface area contributed by atoms with Gasteiger partial charge in [0.05, 0.1) is 16.3 Å². The molecule has 0 aliphatic heterocycles. The molecule has 0 bridgehead atoms. The lowest BCUT2D eigenvalue weighted by atomic mass is 10.2. The molecule has 2 N–H and O–H groups in total. The van der Waals surface area contributed by atoms with Gasteiger partial charge in [-0.05, 0) is 42.5 Å². The number of aromatic nitrogens is 1. The molecule has 0 aliphatic carbocycles. The van der Waals surface area contributed by atoms with Crippen LogP contribution in [-0.2, 0) is 4.57 Å². The molecule has 1 heterocycles. The van der Waals surface area contributed by atoms with E-state index in [1.165, 1.54) is 6.07 Å². The summed E-state index contributed by atoms with van der Waals surface area (Å²) in [6, 6.07) is 18.6. The molecule has 0 atom stereocenters. The fourth-order valence-corrected chi connectivity index (χ4v) is 4.34. The Kier molecular flexibility index (Phi) is 4.13. The summed E-state index contributed by atoms with van der Waals surface area (Å²) in [5.41, 5.74) is 2.63. The van der Waals surface area contributed by atoms with E-state index >= 15 is 0 Å². The topological polar surface area (TPSA) is 62.5 Å². The summed E-state index contributed by atoms with van der Waals surface area (Å²) in [6.07, 6.45) is 0. The second-order valence-electron chi connectivity index (χ2n) is 5.72. The van der Waals surface area contributed by atoms with Gasteiger partial charge in [-0.3, -0.25) is 4.57 Å². The largest absolute Gasteiger partial charge is 0.356 e. The summed E-state index contributed by atoms with van der Waals surface area (Å²) in [4.78, 5) is 19.0. The van der Waals surface area contributed by atoms with Gasteiger partial charge in [0.1, 0.15) is 0 Å². The minimum absolute atomic E-state index is 0.00462. The van der Waals surface area contributed by atoms with Crippen molar-refractivity contribution in [1.82, 2.24) is 4.57 Å². The molecule has 4 rings (SSSR count). The minimum Gasteiger partial charge on any atom is -0.321 e. The molecule has 0 radical (unpaired) electrons. The Hall–Kier alpha value is -1.43. The third-order valence-corrected chi connectivity index (χ3v) is 6.05. The van der Waals surface area contributed by atoms with Gasteiger partial charge in [-0.1, -0.05) is 50.1 Å². The summed E-state index contributed by atoms with van der Waals surface area (Å²) < 4.78 is 15.6. The molecule has 4 aromatic rings. The van der Waals surface area contributed by atoms with Gasteiger partial charge in [-0.25, -0.2) is 0 Å². The molecule has 126 valence electrons. The van der Waals surface area contributed by atoms with Gasteiger partial charge in [0, 0.05) is 25.4 Å². The monoisotopic (exact) mass is 479 g/mol. The molecule has 0 aliphatic rings. The molecule has 25 heavy (non-hydrogen) atoms. The second kappa shape index (κ2) is 6.08. The van der Waals surface area contributed by atoms with E-state index in [2.05, 4.69) is 31.9 Å². The standard InChI is InChI=1S/C18H12Br2NO3P/c19-11-4-6-15-16-7-5-12(20)9-18(16)21(17(15)8-11)13-2-1-3-14(10-13)25(22,23)24/h1-10H,(H2,22,23,24). The number of hydrogen-bond donors (Lipinski definition) is 2. The van der Waals surface area contributed by atoms with E-state index in [4.69, 9.17) is 0 Å². The third-order valence-electron chi connectivity index (χ3n) is 4.12. The van der Waals surface area contributed by atoms with E-state index in [0.717, 1.165) is 30.8 Å². The quantitative estimate of drug-likeness (QED) is 0.392. The van der Waals surface area contributed by atoms with Crippen molar-refractivity contribution in [2.24, 2.45) is 0 Å². The summed E-state index contributed by atoms with van der Waals surface area (Å²) in [6.45, 7) is 0. The van der Waals surface area contributed by atoms with E-state index in [-0.39, 0.29) is 5.30 Å². The van der Waals surface area contributed by atoms with Crippen LogP contribution in [0.2, 0.25) is 0 Å². The zero-order valence-electron chi connectivity index (χ0n) is 12.7. The first-order valence-corrected chi connectivity index (χ1v) is 10.6. The van der Waals surface area contributed by atoms with Gasteiger partial charge in [0.15, 0.2) is 0 Å². The molecular formula is C18H12Br2NO3P. The predicted molar refractivity (Wildman–Crippen MR) is 108 cm³/mol. The first-order valence-electron chi connectivity index (χ1n) is 7.40. The van der Waals surface area contributed by atoms with E-state index in [1.807, 2.05) is 47.0 Å². The van der Waals surface area contributed by atoms with E-state index in [9.17, 15) is 14.4 Å². The molecule has 7 heteroatoms. The normalized spacial score (nSPS) is 12.2. The first-order chi connectivity index (χ1) is 11.8. The van der Waals surface area contributed by atoms with Crippen molar-refractivity contribution in [3.63, 3.8) is 0 Å². The highest BCUT2D eigenvalue weighted by atomic mass is 79.9. The van der Waals surface area contributed by atoms with Crippen LogP contribution in [0.5, 0.6) is 0 Å². The molecule has 0 amide bonds. The van der Waals surface area contributed by atoms with Gasteiger partial charge in [-0.2, -0.15) is 0 Å². The molecule has 0 saturated carbocycles. The predicted octanol–water partition coefficient (Wildman–Crippen LogP) is 5.11. The van der Waals surface area contributed by atoms with Gasteiger partial charge in [-0.15, -0.1) is 0 Å². The number of benzene rings is 3. The Morgan fingerprint density at radius 1 is 0.800 bits per heavy atom. The lowest BCUT2D eigenvalue weighted by Crippen LogP contribution is -2.06. The zero-order valence-corrected chi connectivity index (χ0v) is 16.8. The van der Waals surface area contributed by atoms with Gasteiger partial charge in [0.25, 0.3) is 0 Å². The van der Waals surface area contributed by atoms with Gasteiger partial charge < -0.3 is 14.4 Å². The molecule has 4 nitrogen and oxygen atoms in total. The van der Waals surface area contributed by atoms with Crippen LogP contribution in [0.15, 0.2) is 69.6 Å². The lowest BCUT2D eigenvalue weighted by Gasteiger charge is -2.11. The fraction of sp³-hybridized carbons (Fsp3) is 0. The van der Waals surface area contributed by atoms with Crippen LogP contribution in [0, 0.1) is 0 Å². The number of halogens is 2. The molecule has 1 aromatic heterocycles. The highest BCUT2D eigenvalue weighted by molar-refractivity contribution is 9.10. The maximum absolute atomic E-state index is 11.7. The van der Waals surface area contributed by atoms with Crippen molar-refractivity contribution in [3.8, 4) is 5.69 Å². The zero-order chi connectivity index (χ0) is 17.8. The Balaban J connectivity index is 2.14. The van der Waals surface area contributed by atoms with Gasteiger partial charge >= 0.3 is 7.60 Å². The Labute approximate surface area is 160 Å². The number of nitrogens with zero attached hydrogens (tertiary/aromatic N) is 1. The SMILES string of the molecule is O=P(O)(O)c1cccc(-n2c3cc(Br)ccc3c3ccc(Br)cc32)c1. The molecule has 0 fully saturated rings. The van der Waals surface area contributed by atoms with Crippen molar-refractivity contribution in [3.05, 3.63) is 69.6 Å². The van der Waals surface area contributed by atoms with Crippen LogP contribution < -0.4 is 5.30 Å². The van der Waals surface area contributed by atoms with E-state index in [0.29, 0.717) is 5.69 Å². The summed E-state index contributed by atoms with van der Waals surface area (Å²) in [5.74, 6) is 0. The van der Waals surface area contributed by atoms with Crippen molar-refractivity contribution in [2.45, 2.75) is 0 Å². The maximum atomic E-state index is 11.7. The molecule has 0 unspecified atom stereocenters. The Morgan fingerprint density at radius 2 is 1.36 bits per heavy atom. The molecular weight excluding hydrogens is 469 g/mol. The number of hydrogen-bond acceptors (Lipinski definition) is 1. The van der Waals surface area contributed by atoms with Crippen molar-refractivity contribution < 1.29 is 14.4 Å². The minimum atomic E-state index is -4.32. The lowest BCUT2D eigenvalue weighted by molar-refractivity contribution is 0.387. The van der Waals surface area contributed by atoms with Crippen LogP contribution >= 0.6 is 39.5 Å². The Morgan fingerprint density at radius 3 is 1.88 bits per heavy atom. The van der Waals surface area contributed by atoms with E-state index < -0.39 is 7.60 Å². The van der Waals surface area contributed by atoms with Crippen molar-refractivity contribution in [1.29, 1.82) is 0 Å². The maximum Gasteiger partial charge on any atom is 0.356 e. The highest BCUT2D eigenvalue weighted by Crippen LogP contribution is 2.37. The molecule has 0 spiro atoms. The van der Waals surface area contributed by atoms with Crippen LogP contribution in [0.4, 0.5) is 0 Å². The first kappa shape index (κ1) is 17.0. The molecule has 0 saturated heterocycles. The van der Waals surface area contributed by atoms with Crippen LogP contribution in [0.25, 0.3) is 27.5 Å². The summed E-state index contributed by atoms with van der Waals surface area (Å²) >= 11 is 7.02. The van der Waals surface area contributed by atoms with Crippen LogP contribution in [0.3, 0.4) is 0 Å². The van der Waals surface area contributed by atoms with Crippen molar-refractivity contribution >= 4 is 66.6 Å². The van der Waals surface area contributed by atoms with Crippen LogP contribution in [0.1, 0.15) is 0 Å². The second-order valence-corrected chi connectivity index (χ2v) is 9.16. The fourth-order valence-electron chi connectivity index (χ4n) is 3.06. The summed E-state index contributed by atoms with van der Waals surface area (Å²) in [7, 11) is -4.32. The average Bonchev–Trinajstić information content (AvgIpc) is 2.86. The highest BCUT2D eigenvalue weighted by Gasteiger charge is 2.19. The van der Waals surface area contributed by atoms with Gasteiger partial charge in [0.2, 0.25) is 0 Å². The number of rotatable bonds is 2. The Bertz CT molecular complexity index is 1120. The smallest absolute Gasteiger partial charge is 0.321 e. The molecule has 3 aromatic carbocycles. The number of fused-ring (bicyclic) bond motifs is 3. The van der Waals surface area contributed by atoms with Crippen LogP contribution in [-0.4, -0.2) is 14.4 Å². The third kappa shape index (κ3) is 2.98.